The predicted octanol–water partition coefficient (Wildman–Crippen LogP) is 2.00. The fourth-order valence-electron chi connectivity index (χ4n) is 2.03. The number of hydrogen-bond donors (Lipinski definition) is 2. The third-order valence-electron chi connectivity index (χ3n) is 2.96. The van der Waals surface area contributed by atoms with Crippen LogP contribution in [-0.2, 0) is 4.74 Å². The Hall–Kier alpha value is -2.06. The van der Waals surface area contributed by atoms with Crippen molar-refractivity contribution in [1.82, 2.24) is 0 Å². The number of nitrogens with one attached hydrogen (secondary N) is 1. The Bertz CT molecular complexity index is 460. The summed E-state index contributed by atoms with van der Waals surface area (Å²) in [6.45, 7) is 1.33. The minimum atomic E-state index is -4.53. The molecule has 0 saturated heterocycles. The molecular weight excluding hydrogens is 279 g/mol. The van der Waals surface area contributed by atoms with Crippen molar-refractivity contribution in [2.75, 3.05) is 0 Å². The number of nitrogens with zero attached hydrogens (tertiary/aromatic N) is 1. The third-order valence-corrected chi connectivity index (χ3v) is 2.96. The highest BCUT2D eigenvalue weighted by molar-refractivity contribution is 5.68. The van der Waals surface area contributed by atoms with Gasteiger partial charge in [-0.05, 0) is 12.5 Å². The zero-order valence-electron chi connectivity index (χ0n) is 10.6. The number of nitrogens with two attached hydrogens (primary N) is 1. The maximum absolute atomic E-state index is 12.7. The molecule has 3 atom stereocenters. The van der Waals surface area contributed by atoms with Gasteiger partial charge < -0.3 is 15.9 Å². The molecule has 1 rings (SSSR count). The molecule has 20 heavy (non-hydrogen) atoms. The van der Waals surface area contributed by atoms with Crippen LogP contribution in [0.1, 0.15) is 13.3 Å². The fourth-order valence-corrected chi connectivity index (χ4v) is 2.03. The molecule has 9 heteroatoms. The van der Waals surface area contributed by atoms with E-state index < -0.39 is 35.6 Å². The molecule has 0 amide bonds. The zero-order valence-corrected chi connectivity index (χ0v) is 10.6. The molecule has 0 aliphatic heterocycles. The quantitative estimate of drug-likeness (QED) is 0.272. The van der Waals surface area contributed by atoms with Crippen molar-refractivity contribution in [1.29, 1.82) is 5.41 Å². The maximum Gasteiger partial charge on any atom is 0.395 e. The summed E-state index contributed by atoms with van der Waals surface area (Å²) in [5.74, 6) is -2.12. The zero-order chi connectivity index (χ0) is 15.5. The van der Waals surface area contributed by atoms with Gasteiger partial charge in [-0.25, -0.2) is 0 Å². The highest BCUT2D eigenvalue weighted by Crippen LogP contribution is 2.38. The number of halogens is 3. The van der Waals surface area contributed by atoms with Crippen LogP contribution in [0.2, 0.25) is 0 Å². The van der Waals surface area contributed by atoms with Crippen molar-refractivity contribution in [3.05, 3.63) is 33.7 Å². The van der Waals surface area contributed by atoms with Crippen LogP contribution in [0.5, 0.6) is 0 Å². The summed E-state index contributed by atoms with van der Waals surface area (Å²) in [6, 6.07) is -1.54. The number of allylic oxidation sites excluding steroid dienone is 2. The van der Waals surface area contributed by atoms with E-state index in [0.29, 0.717) is 0 Å². The van der Waals surface area contributed by atoms with Crippen molar-refractivity contribution >= 4 is 6.21 Å². The highest BCUT2D eigenvalue weighted by atomic mass is 19.4. The van der Waals surface area contributed by atoms with Crippen molar-refractivity contribution in [2.24, 2.45) is 11.7 Å². The molecule has 0 heterocycles. The summed E-state index contributed by atoms with van der Waals surface area (Å²) in [5.41, 5.74) is 5.47. The van der Waals surface area contributed by atoms with Gasteiger partial charge in [-0.2, -0.15) is 13.2 Å². The van der Waals surface area contributed by atoms with E-state index >= 15 is 0 Å². The first-order valence-electron chi connectivity index (χ1n) is 5.68. The van der Waals surface area contributed by atoms with E-state index in [0.717, 1.165) is 18.4 Å². The van der Waals surface area contributed by atoms with Crippen molar-refractivity contribution in [3.63, 3.8) is 0 Å². The van der Waals surface area contributed by atoms with E-state index in [2.05, 4.69) is 0 Å². The molecule has 112 valence electrons. The minimum absolute atomic E-state index is 0.0987. The van der Waals surface area contributed by atoms with Gasteiger partial charge in [0.2, 0.25) is 0 Å². The lowest BCUT2D eigenvalue weighted by molar-refractivity contribution is -0.536. The van der Waals surface area contributed by atoms with Crippen LogP contribution >= 0.6 is 0 Å². The van der Waals surface area contributed by atoms with Crippen LogP contribution in [-0.4, -0.2) is 29.5 Å². The fraction of sp³-hybridized carbons (Fsp3) is 0.545. The molecule has 0 aromatic rings. The van der Waals surface area contributed by atoms with Gasteiger partial charge in [0.15, 0.2) is 12.0 Å². The molecule has 3 unspecified atom stereocenters. The molecule has 0 fully saturated rings. The van der Waals surface area contributed by atoms with Crippen LogP contribution in [0.25, 0.3) is 0 Å². The Morgan fingerprint density at radius 3 is 2.70 bits per heavy atom. The Morgan fingerprint density at radius 1 is 1.65 bits per heavy atom. The van der Waals surface area contributed by atoms with E-state index in [1.807, 2.05) is 0 Å². The first kappa shape index (κ1) is 16.0. The average Bonchev–Trinajstić information content (AvgIpc) is 2.30. The van der Waals surface area contributed by atoms with E-state index in [1.165, 1.54) is 6.92 Å². The van der Waals surface area contributed by atoms with Gasteiger partial charge >= 0.3 is 6.18 Å². The number of hydrogen-bond acceptors (Lipinski definition) is 5. The molecule has 6 nitrogen and oxygen atoms in total. The van der Waals surface area contributed by atoms with Gasteiger partial charge in [0.1, 0.15) is 0 Å². The molecule has 0 spiro atoms. The summed E-state index contributed by atoms with van der Waals surface area (Å²) >= 11 is 0. The summed E-state index contributed by atoms with van der Waals surface area (Å²) in [5, 5.41) is 17.7. The number of rotatable bonds is 4. The molecule has 0 bridgehead atoms. The number of nitro groups is 1. The van der Waals surface area contributed by atoms with E-state index in [1.54, 1.807) is 0 Å². The van der Waals surface area contributed by atoms with E-state index in [9.17, 15) is 23.3 Å². The molecule has 0 radical (unpaired) electrons. The monoisotopic (exact) mass is 293 g/mol. The molecule has 1 aliphatic rings. The predicted molar refractivity (Wildman–Crippen MR) is 64.6 cm³/mol. The molecular formula is C11H14F3N3O3. The molecule has 0 aromatic heterocycles. The number of alkyl halides is 3. The SMILES string of the molecule is CC1=CC(C(F)(F)F)CC([N+](=O)[O-])C1OC(N)=CC=N. The van der Waals surface area contributed by atoms with Crippen molar-refractivity contribution in [3.8, 4) is 0 Å². The maximum atomic E-state index is 12.7. The van der Waals surface area contributed by atoms with Gasteiger partial charge in [0, 0.05) is 23.6 Å². The summed E-state index contributed by atoms with van der Waals surface area (Å²) < 4.78 is 43.2. The van der Waals surface area contributed by atoms with Gasteiger partial charge in [0.05, 0.1) is 5.92 Å². The van der Waals surface area contributed by atoms with E-state index in [-0.39, 0.29) is 11.5 Å². The average molecular weight is 293 g/mol. The summed E-state index contributed by atoms with van der Waals surface area (Å²) in [7, 11) is 0. The standard InChI is InChI=1S/C11H14F3N3O3/c1-6-4-7(11(12,13)14)5-8(17(18)19)10(6)20-9(16)2-3-15/h2-4,7-8,10,15H,5,16H2,1H3. The first-order valence-corrected chi connectivity index (χ1v) is 5.68. The highest BCUT2D eigenvalue weighted by Gasteiger charge is 2.49. The summed E-state index contributed by atoms with van der Waals surface area (Å²) in [4.78, 5) is 10.2. The van der Waals surface area contributed by atoms with Crippen molar-refractivity contribution in [2.45, 2.75) is 31.7 Å². The second-order valence-corrected chi connectivity index (χ2v) is 4.42. The van der Waals surface area contributed by atoms with E-state index in [4.69, 9.17) is 15.9 Å². The largest absolute Gasteiger partial charge is 0.464 e. The van der Waals surface area contributed by atoms with Gasteiger partial charge in [-0.3, -0.25) is 10.1 Å². The smallest absolute Gasteiger partial charge is 0.395 e. The van der Waals surface area contributed by atoms with Crippen LogP contribution in [0.15, 0.2) is 23.6 Å². The third kappa shape index (κ3) is 3.72. The normalized spacial score (nSPS) is 27.7. The molecule has 0 saturated carbocycles. The second-order valence-electron chi connectivity index (χ2n) is 4.42. The molecule has 3 N–H and O–H groups in total. The first-order chi connectivity index (χ1) is 9.16. The molecule has 0 aromatic carbocycles. The summed E-state index contributed by atoms with van der Waals surface area (Å²) in [6.07, 6.45) is -3.60. The van der Waals surface area contributed by atoms with Gasteiger partial charge in [-0.1, -0.05) is 6.08 Å². The van der Waals surface area contributed by atoms with Crippen LogP contribution in [0.3, 0.4) is 0 Å². The van der Waals surface area contributed by atoms with Crippen molar-refractivity contribution < 1.29 is 22.8 Å². The Balaban J connectivity index is 3.06. The van der Waals surface area contributed by atoms with Crippen LogP contribution < -0.4 is 5.73 Å². The Labute approximate surface area is 112 Å². The lowest BCUT2D eigenvalue weighted by Gasteiger charge is -2.30. The van der Waals surface area contributed by atoms with Crippen LogP contribution in [0.4, 0.5) is 13.2 Å². The van der Waals surface area contributed by atoms with Gasteiger partial charge in [0.25, 0.3) is 6.04 Å². The lowest BCUT2D eigenvalue weighted by Crippen LogP contribution is -2.44. The Kier molecular flexibility index (Phi) is 4.74. The Morgan fingerprint density at radius 2 is 2.25 bits per heavy atom. The van der Waals surface area contributed by atoms with Gasteiger partial charge in [-0.15, -0.1) is 0 Å². The number of ether oxygens (including phenoxy) is 1. The lowest BCUT2D eigenvalue weighted by atomic mass is 9.85. The molecule has 1 aliphatic carbocycles. The topological polar surface area (TPSA) is 102 Å². The minimum Gasteiger partial charge on any atom is -0.464 e. The second kappa shape index (κ2) is 5.93. The van der Waals surface area contributed by atoms with Crippen LogP contribution in [0, 0.1) is 21.4 Å².